The average molecular weight is 733 g/mol. The fourth-order valence-electron chi connectivity index (χ4n) is 8.26. The number of likely N-dealkylation sites (tertiary alicyclic amines) is 2. The van der Waals surface area contributed by atoms with Crippen molar-refractivity contribution < 1.29 is 33.0 Å². The fourth-order valence-corrected chi connectivity index (χ4v) is 8.26. The number of piperidine rings is 2. The van der Waals surface area contributed by atoms with Gasteiger partial charge in [-0.05, 0) is 97.3 Å². The van der Waals surface area contributed by atoms with Gasteiger partial charge in [0.05, 0.1) is 29.0 Å². The predicted octanol–water partition coefficient (Wildman–Crippen LogP) is 4.91. The Hall–Kier alpha value is -4.56. The second-order valence-electron chi connectivity index (χ2n) is 15.5. The smallest absolute Gasteiger partial charge is 0.415 e. The van der Waals surface area contributed by atoms with E-state index < -0.39 is 35.1 Å². The molecular formula is C39H49FN6O7. The number of hydrogen-bond acceptors (Lipinski definition) is 10. The van der Waals surface area contributed by atoms with Gasteiger partial charge in [-0.3, -0.25) is 4.79 Å². The summed E-state index contributed by atoms with van der Waals surface area (Å²) in [5.41, 5.74) is 0.647. The Kier molecular flexibility index (Phi) is 9.73. The van der Waals surface area contributed by atoms with Gasteiger partial charge in [-0.15, -0.1) is 0 Å². The number of hydrogen-bond donors (Lipinski definition) is 1. The summed E-state index contributed by atoms with van der Waals surface area (Å²) in [6.07, 6.45) is 4.51. The number of rotatable bonds is 7. The minimum atomic E-state index is -1.84. The maximum atomic E-state index is 15.9. The molecule has 7 rings (SSSR count). The van der Waals surface area contributed by atoms with Crippen molar-refractivity contribution >= 4 is 29.1 Å². The van der Waals surface area contributed by atoms with Crippen LogP contribution in [-0.2, 0) is 39.4 Å². The topological polar surface area (TPSA) is 136 Å². The first-order valence-electron chi connectivity index (χ1n) is 18.7. The Morgan fingerprint density at radius 2 is 1.79 bits per heavy atom. The number of aromatic nitrogens is 2. The molecule has 2 amide bonds. The van der Waals surface area contributed by atoms with Crippen molar-refractivity contribution in [2.75, 3.05) is 47.3 Å². The van der Waals surface area contributed by atoms with Gasteiger partial charge < -0.3 is 38.8 Å². The first kappa shape index (κ1) is 36.8. The van der Waals surface area contributed by atoms with E-state index in [1.54, 1.807) is 28.5 Å². The van der Waals surface area contributed by atoms with Crippen LogP contribution < -0.4 is 15.6 Å². The molecule has 1 N–H and O–H groups in total. The zero-order chi connectivity index (χ0) is 37.8. The minimum Gasteiger partial charge on any atom is -0.457 e. The van der Waals surface area contributed by atoms with Gasteiger partial charge in [-0.1, -0.05) is 13.3 Å². The second kappa shape index (κ2) is 14.0. The zero-order valence-electron chi connectivity index (χ0n) is 31.5. The third-order valence-electron chi connectivity index (χ3n) is 11.9. The molecule has 0 unspecified atom stereocenters. The van der Waals surface area contributed by atoms with Crippen LogP contribution in [0.15, 0.2) is 23.0 Å². The molecule has 2 fully saturated rings. The van der Waals surface area contributed by atoms with Gasteiger partial charge in [0.25, 0.3) is 5.56 Å². The van der Waals surface area contributed by atoms with Crippen LogP contribution in [0.25, 0.3) is 22.3 Å². The molecule has 4 aliphatic rings. The van der Waals surface area contributed by atoms with E-state index in [2.05, 4.69) is 29.0 Å². The number of nitrogens with zero attached hydrogens (tertiary/aromatic N) is 5. The van der Waals surface area contributed by atoms with Crippen molar-refractivity contribution in [3.63, 3.8) is 0 Å². The lowest BCUT2D eigenvalue weighted by Gasteiger charge is -2.39. The Morgan fingerprint density at radius 3 is 2.45 bits per heavy atom. The number of carbonyl (C=O) groups is 3. The Balaban J connectivity index is 1.28. The number of carbonyl (C=O) groups excluding carboxylic acids is 3. The molecule has 1 atom stereocenters. The second-order valence-corrected chi connectivity index (χ2v) is 15.5. The summed E-state index contributed by atoms with van der Waals surface area (Å²) in [5.74, 6) is -1.68. The van der Waals surface area contributed by atoms with Gasteiger partial charge in [-0.25, -0.2) is 23.8 Å². The van der Waals surface area contributed by atoms with Crippen molar-refractivity contribution in [3.8, 4) is 17.1 Å². The minimum absolute atomic E-state index is 0.0264. The summed E-state index contributed by atoms with van der Waals surface area (Å²) < 4.78 is 34.3. The molecule has 3 aromatic rings. The average Bonchev–Trinajstić information content (AvgIpc) is 3.52. The van der Waals surface area contributed by atoms with Gasteiger partial charge in [0, 0.05) is 54.3 Å². The number of cyclic esters (lactones) is 1. The molecule has 0 spiro atoms. The van der Waals surface area contributed by atoms with E-state index in [1.807, 2.05) is 14.1 Å². The van der Waals surface area contributed by atoms with Crippen molar-refractivity contribution in [1.29, 1.82) is 0 Å². The first-order chi connectivity index (χ1) is 25.3. The summed E-state index contributed by atoms with van der Waals surface area (Å²) in [6, 6.07) is 4.95. The Morgan fingerprint density at radius 1 is 1.08 bits per heavy atom. The highest BCUT2D eigenvalue weighted by Gasteiger charge is 2.50. The fraction of sp³-hybridized carbons (Fsp3) is 0.564. The lowest BCUT2D eigenvalue weighted by atomic mass is 9.85. The quantitative estimate of drug-likeness (QED) is 0.261. The van der Waals surface area contributed by atoms with Crippen LogP contribution in [0.1, 0.15) is 81.5 Å². The van der Waals surface area contributed by atoms with Gasteiger partial charge in [0.15, 0.2) is 11.6 Å². The summed E-state index contributed by atoms with van der Waals surface area (Å²) in [5, 5.41) is 2.99. The molecule has 53 heavy (non-hydrogen) atoms. The number of alkyl carbamates (subject to hydrolysis) is 1. The highest BCUT2D eigenvalue weighted by atomic mass is 19.1. The van der Waals surface area contributed by atoms with Crippen LogP contribution in [0.5, 0.6) is 5.75 Å². The Bertz CT molecular complexity index is 2030. The monoisotopic (exact) mass is 732 g/mol. The van der Waals surface area contributed by atoms with Crippen molar-refractivity contribution in [2.45, 2.75) is 96.1 Å². The van der Waals surface area contributed by atoms with Crippen LogP contribution in [0.4, 0.5) is 14.0 Å². The molecule has 13 nitrogen and oxygen atoms in total. The number of ether oxygens (including phenoxy) is 3. The van der Waals surface area contributed by atoms with E-state index in [4.69, 9.17) is 19.2 Å². The summed E-state index contributed by atoms with van der Waals surface area (Å²) in [6.45, 7) is 9.05. The van der Waals surface area contributed by atoms with Crippen molar-refractivity contribution in [2.24, 2.45) is 0 Å². The van der Waals surface area contributed by atoms with Crippen LogP contribution in [0, 0.1) is 5.82 Å². The number of esters is 1. The third kappa shape index (κ3) is 6.43. The molecule has 0 saturated carbocycles. The number of likely N-dealkylation sites (N-methyl/N-ethyl adjacent to an activating group) is 1. The van der Waals surface area contributed by atoms with Crippen LogP contribution in [-0.4, -0.2) is 101 Å². The normalized spacial score (nSPS) is 20.5. The zero-order valence-corrected chi connectivity index (χ0v) is 31.5. The number of benzene rings is 1. The molecule has 6 heterocycles. The molecule has 0 bridgehead atoms. The van der Waals surface area contributed by atoms with E-state index in [0.717, 1.165) is 37.1 Å². The standard InChI is InChI=1S/C39H49FN6O7/c1-7-39(53-36(49)41-4)28-18-31-33-26(21-46(31)34(47)27(28)22-51-35(39)48)25(20-38(2,3)43(5)6)24-17-32(29(40)19-30(24)42-33)52-37(50)45-15-11-23(12-16-45)44-13-9-8-10-14-44/h17-19,23H,7-16,20-22H2,1-6H3,(H,41,49)/t39-/m0/s1. The van der Waals surface area contributed by atoms with E-state index in [9.17, 15) is 19.2 Å². The number of amides is 2. The van der Waals surface area contributed by atoms with Crippen LogP contribution in [0.2, 0.25) is 0 Å². The highest BCUT2D eigenvalue weighted by Crippen LogP contribution is 2.43. The van der Waals surface area contributed by atoms with E-state index in [0.29, 0.717) is 47.8 Å². The maximum Gasteiger partial charge on any atom is 0.415 e. The molecule has 0 radical (unpaired) electrons. The molecule has 4 aliphatic heterocycles. The third-order valence-corrected chi connectivity index (χ3v) is 11.9. The number of pyridine rings is 2. The highest BCUT2D eigenvalue weighted by molar-refractivity contribution is 5.91. The number of nitrogens with one attached hydrogen (secondary N) is 1. The van der Waals surface area contributed by atoms with E-state index in [-0.39, 0.29) is 42.0 Å². The van der Waals surface area contributed by atoms with Crippen LogP contribution >= 0.6 is 0 Å². The summed E-state index contributed by atoms with van der Waals surface area (Å²) in [4.78, 5) is 64.5. The maximum absolute atomic E-state index is 15.9. The van der Waals surface area contributed by atoms with E-state index >= 15 is 4.39 Å². The van der Waals surface area contributed by atoms with Crippen LogP contribution in [0.3, 0.4) is 0 Å². The van der Waals surface area contributed by atoms with Crippen molar-refractivity contribution in [1.82, 2.24) is 29.6 Å². The van der Waals surface area contributed by atoms with Gasteiger partial charge in [0.1, 0.15) is 6.61 Å². The number of halogens is 1. The summed E-state index contributed by atoms with van der Waals surface area (Å²) in [7, 11) is 5.34. The summed E-state index contributed by atoms with van der Waals surface area (Å²) >= 11 is 0. The molecule has 1 aromatic carbocycles. The molecule has 2 aromatic heterocycles. The van der Waals surface area contributed by atoms with Crippen molar-refractivity contribution in [3.05, 3.63) is 56.6 Å². The molecule has 0 aliphatic carbocycles. The van der Waals surface area contributed by atoms with Gasteiger partial charge in [-0.2, -0.15) is 0 Å². The molecular weight excluding hydrogens is 683 g/mol. The Labute approximate surface area is 308 Å². The largest absolute Gasteiger partial charge is 0.457 e. The van der Waals surface area contributed by atoms with Gasteiger partial charge in [0.2, 0.25) is 5.60 Å². The predicted molar refractivity (Wildman–Crippen MR) is 195 cm³/mol. The number of fused-ring (bicyclic) bond motifs is 5. The lowest BCUT2D eigenvalue weighted by Crippen LogP contribution is -2.48. The first-order valence-corrected chi connectivity index (χ1v) is 18.7. The molecule has 14 heteroatoms. The molecule has 2 saturated heterocycles. The molecule has 284 valence electrons. The van der Waals surface area contributed by atoms with Gasteiger partial charge >= 0.3 is 18.2 Å². The SMILES string of the molecule is CC[C@@]1(OC(=O)NC)C(=O)OCc2c1cc1n(c2=O)Cc2c-1nc1cc(F)c(OC(=O)N3CCC(N4CCCCC4)CC3)cc1c2CC(C)(C)N(C)C. The lowest BCUT2D eigenvalue weighted by molar-refractivity contribution is -0.172. The van der Waals surface area contributed by atoms with E-state index in [1.165, 1.54) is 32.4 Å².